The van der Waals surface area contributed by atoms with E-state index in [1.165, 1.54) is 7.05 Å². The summed E-state index contributed by atoms with van der Waals surface area (Å²) in [6, 6.07) is 7.97. The summed E-state index contributed by atoms with van der Waals surface area (Å²) < 4.78 is 0. The van der Waals surface area contributed by atoms with Crippen molar-refractivity contribution in [2.45, 2.75) is 6.42 Å². The van der Waals surface area contributed by atoms with Gasteiger partial charge in [-0.3, -0.25) is 0 Å². The first-order valence-corrected chi connectivity index (χ1v) is 4.48. The summed E-state index contributed by atoms with van der Waals surface area (Å²) >= 11 is 0. The fourth-order valence-corrected chi connectivity index (χ4v) is 1.39. The maximum Gasteiger partial charge on any atom is 0.124 e. The second kappa shape index (κ2) is 5.19. The zero-order valence-electron chi connectivity index (χ0n) is 8.16. The van der Waals surface area contributed by atoms with Crippen molar-refractivity contribution in [1.29, 1.82) is 0 Å². The molecule has 1 aromatic carbocycles. The van der Waals surface area contributed by atoms with Gasteiger partial charge in [0.15, 0.2) is 0 Å². The lowest BCUT2D eigenvalue weighted by atomic mass is 10.1. The monoisotopic (exact) mass is 190 g/mol. The topological polar surface area (TPSA) is 58.9 Å². The van der Waals surface area contributed by atoms with Gasteiger partial charge >= 0.3 is 0 Å². The lowest BCUT2D eigenvalue weighted by molar-refractivity contribution is -0.107. The quantitative estimate of drug-likeness (QED) is 0.705. The van der Waals surface area contributed by atoms with Crippen LogP contribution in [0.2, 0.25) is 0 Å². The molecule has 0 atom stereocenters. The molecule has 3 heteroatoms. The van der Waals surface area contributed by atoms with Crippen molar-refractivity contribution in [1.82, 2.24) is 4.98 Å². The zero-order valence-corrected chi connectivity index (χ0v) is 8.16. The van der Waals surface area contributed by atoms with Crippen LogP contribution in [0.5, 0.6) is 0 Å². The molecule has 0 bridgehead atoms. The summed E-state index contributed by atoms with van der Waals surface area (Å²) in [7, 11) is 1.50. The number of hydrogen-bond donors (Lipinski definition) is 2. The van der Waals surface area contributed by atoms with Crippen molar-refractivity contribution in [2.24, 2.45) is 5.73 Å². The predicted molar refractivity (Wildman–Crippen MR) is 58.2 cm³/mol. The number of carbonyl (C=O) groups is 1. The Bertz CT molecular complexity index is 406. The molecule has 0 aliphatic heterocycles. The fourth-order valence-electron chi connectivity index (χ4n) is 1.39. The first kappa shape index (κ1) is 10.5. The summed E-state index contributed by atoms with van der Waals surface area (Å²) in [6.07, 6.45) is 3.30. The highest BCUT2D eigenvalue weighted by atomic mass is 16.1. The van der Waals surface area contributed by atoms with Crippen LogP contribution in [0.1, 0.15) is 5.56 Å². The van der Waals surface area contributed by atoms with E-state index >= 15 is 0 Å². The number of benzene rings is 1. The Morgan fingerprint density at radius 3 is 2.79 bits per heavy atom. The number of fused-ring (bicyclic) bond motifs is 1. The molecule has 0 saturated carbocycles. The highest BCUT2D eigenvalue weighted by Gasteiger charge is 2.00. The van der Waals surface area contributed by atoms with Crippen LogP contribution in [-0.2, 0) is 11.2 Å². The third-order valence-electron chi connectivity index (χ3n) is 1.98. The summed E-state index contributed by atoms with van der Waals surface area (Å²) in [4.78, 5) is 13.4. The number of nitrogens with one attached hydrogen (secondary N) is 1. The van der Waals surface area contributed by atoms with Crippen molar-refractivity contribution in [3.05, 3.63) is 36.0 Å². The number of aromatic amines is 1. The number of aldehydes is 1. The second-order valence-electron chi connectivity index (χ2n) is 2.73. The predicted octanol–water partition coefficient (Wildman–Crippen LogP) is 1.48. The van der Waals surface area contributed by atoms with E-state index in [1.807, 2.05) is 30.5 Å². The molecule has 2 rings (SSSR count). The maximum absolute atomic E-state index is 10.3. The number of para-hydroxylation sites is 1. The van der Waals surface area contributed by atoms with Gasteiger partial charge in [0.1, 0.15) is 6.29 Å². The minimum absolute atomic E-state index is 0.490. The second-order valence-corrected chi connectivity index (χ2v) is 2.73. The van der Waals surface area contributed by atoms with Crippen molar-refractivity contribution in [3.63, 3.8) is 0 Å². The van der Waals surface area contributed by atoms with Crippen molar-refractivity contribution < 1.29 is 4.79 Å². The Kier molecular flexibility index (Phi) is 3.88. The van der Waals surface area contributed by atoms with E-state index in [-0.39, 0.29) is 0 Å². The number of H-pyrrole nitrogens is 1. The molecule has 74 valence electrons. The fraction of sp³-hybridized carbons (Fsp3) is 0.182. The molecule has 3 nitrogen and oxygen atoms in total. The minimum atomic E-state index is 0.490. The highest BCUT2D eigenvalue weighted by Crippen LogP contribution is 2.16. The van der Waals surface area contributed by atoms with E-state index in [9.17, 15) is 4.79 Å². The number of nitrogens with two attached hydrogens (primary N) is 1. The van der Waals surface area contributed by atoms with Crippen LogP contribution in [0.15, 0.2) is 30.5 Å². The Balaban J connectivity index is 0.000000461. The highest BCUT2D eigenvalue weighted by molar-refractivity contribution is 5.84. The number of hydrogen-bond acceptors (Lipinski definition) is 2. The van der Waals surface area contributed by atoms with Gasteiger partial charge in [-0.2, -0.15) is 0 Å². The zero-order chi connectivity index (χ0) is 10.4. The number of carbonyl (C=O) groups excluding carboxylic acids is 1. The average Bonchev–Trinajstić information content (AvgIpc) is 2.66. The Morgan fingerprint density at radius 1 is 1.36 bits per heavy atom. The molecule has 0 saturated heterocycles. The van der Waals surface area contributed by atoms with Crippen molar-refractivity contribution >= 4 is 17.2 Å². The lowest BCUT2D eigenvalue weighted by Crippen LogP contribution is -1.81. The van der Waals surface area contributed by atoms with Crippen molar-refractivity contribution in [3.8, 4) is 0 Å². The molecule has 0 aliphatic rings. The van der Waals surface area contributed by atoms with Gasteiger partial charge in [0.2, 0.25) is 0 Å². The molecule has 14 heavy (non-hydrogen) atoms. The van der Waals surface area contributed by atoms with Gasteiger partial charge in [-0.05, 0) is 18.7 Å². The first-order chi connectivity index (χ1) is 6.92. The van der Waals surface area contributed by atoms with Crippen LogP contribution in [-0.4, -0.2) is 18.3 Å². The molecule has 0 radical (unpaired) electrons. The number of aromatic nitrogens is 1. The van der Waals surface area contributed by atoms with Gasteiger partial charge < -0.3 is 15.5 Å². The molecule has 1 aromatic heterocycles. The SMILES string of the molecule is CN.O=CCc1c[nH]c2ccccc12. The molecular formula is C11H14N2O. The molecular weight excluding hydrogens is 176 g/mol. The Labute approximate surface area is 82.9 Å². The summed E-state index contributed by atoms with van der Waals surface area (Å²) in [5.41, 5.74) is 6.66. The van der Waals surface area contributed by atoms with Gasteiger partial charge in [-0.1, -0.05) is 18.2 Å². The van der Waals surface area contributed by atoms with E-state index in [4.69, 9.17) is 0 Å². The average molecular weight is 190 g/mol. The molecule has 0 aliphatic carbocycles. The van der Waals surface area contributed by atoms with Gasteiger partial charge in [-0.25, -0.2) is 0 Å². The van der Waals surface area contributed by atoms with Gasteiger partial charge in [0.25, 0.3) is 0 Å². The van der Waals surface area contributed by atoms with E-state index in [0.29, 0.717) is 6.42 Å². The maximum atomic E-state index is 10.3. The Hall–Kier alpha value is -1.61. The molecule has 0 amide bonds. The molecule has 3 N–H and O–H groups in total. The largest absolute Gasteiger partial charge is 0.361 e. The van der Waals surface area contributed by atoms with Gasteiger partial charge in [-0.15, -0.1) is 0 Å². The molecule has 0 spiro atoms. The summed E-state index contributed by atoms with van der Waals surface area (Å²) in [6.45, 7) is 0. The standard InChI is InChI=1S/C10H9NO.CH5N/c12-6-5-8-7-11-10-4-2-1-3-9(8)10;1-2/h1-4,6-7,11H,5H2;2H2,1H3. The first-order valence-electron chi connectivity index (χ1n) is 4.48. The van der Waals surface area contributed by atoms with Gasteiger partial charge in [0, 0.05) is 23.5 Å². The third-order valence-corrected chi connectivity index (χ3v) is 1.98. The normalized spacial score (nSPS) is 9.29. The Morgan fingerprint density at radius 2 is 2.07 bits per heavy atom. The van der Waals surface area contributed by atoms with E-state index in [1.54, 1.807) is 0 Å². The van der Waals surface area contributed by atoms with Crippen LogP contribution in [0.25, 0.3) is 10.9 Å². The molecule has 2 aromatic rings. The van der Waals surface area contributed by atoms with Crippen LogP contribution in [0, 0.1) is 0 Å². The van der Waals surface area contributed by atoms with Gasteiger partial charge in [0.05, 0.1) is 0 Å². The smallest absolute Gasteiger partial charge is 0.124 e. The van der Waals surface area contributed by atoms with Crippen LogP contribution >= 0.6 is 0 Å². The van der Waals surface area contributed by atoms with Crippen molar-refractivity contribution in [2.75, 3.05) is 7.05 Å². The van der Waals surface area contributed by atoms with Crippen LogP contribution < -0.4 is 5.73 Å². The van der Waals surface area contributed by atoms with E-state index in [0.717, 1.165) is 22.8 Å². The van der Waals surface area contributed by atoms with Crippen LogP contribution in [0.3, 0.4) is 0 Å². The molecule has 0 unspecified atom stereocenters. The summed E-state index contributed by atoms with van der Waals surface area (Å²) in [5, 5.41) is 1.14. The molecule has 0 fully saturated rings. The van der Waals surface area contributed by atoms with E-state index in [2.05, 4.69) is 10.7 Å². The molecule has 1 heterocycles. The summed E-state index contributed by atoms with van der Waals surface area (Å²) in [5.74, 6) is 0. The third kappa shape index (κ3) is 2.00. The minimum Gasteiger partial charge on any atom is -0.361 e. The number of rotatable bonds is 2. The lowest BCUT2D eigenvalue weighted by Gasteiger charge is -1.90. The van der Waals surface area contributed by atoms with E-state index < -0.39 is 0 Å². The van der Waals surface area contributed by atoms with Crippen LogP contribution in [0.4, 0.5) is 0 Å².